The Balaban J connectivity index is 1.93. The van der Waals surface area contributed by atoms with Crippen LogP contribution in [0.4, 0.5) is 0 Å². The standard InChI is InChI=1S/C12H18N4O3/c1-18-11-9(12(19-2)15-7-14-11)6-13-5-8-3-4-10(17)16-8/h7-8,13H,3-6H2,1-2H3,(H,16,17). The lowest BCUT2D eigenvalue weighted by Crippen LogP contribution is -2.35. The zero-order valence-corrected chi connectivity index (χ0v) is 11.1. The van der Waals surface area contributed by atoms with Crippen molar-refractivity contribution in [3.63, 3.8) is 0 Å². The summed E-state index contributed by atoms with van der Waals surface area (Å²) in [5, 5.41) is 6.16. The van der Waals surface area contributed by atoms with E-state index in [0.717, 1.165) is 12.0 Å². The van der Waals surface area contributed by atoms with Crippen molar-refractivity contribution >= 4 is 5.91 Å². The number of hydrogen-bond donors (Lipinski definition) is 2. The number of amides is 1. The van der Waals surface area contributed by atoms with Gasteiger partial charge < -0.3 is 20.1 Å². The molecule has 0 bridgehead atoms. The quantitative estimate of drug-likeness (QED) is 0.745. The molecule has 2 heterocycles. The van der Waals surface area contributed by atoms with Crippen molar-refractivity contribution in [2.75, 3.05) is 20.8 Å². The maximum absolute atomic E-state index is 11.1. The maximum Gasteiger partial charge on any atom is 0.224 e. The number of nitrogens with one attached hydrogen (secondary N) is 2. The van der Waals surface area contributed by atoms with Gasteiger partial charge in [-0.3, -0.25) is 4.79 Å². The van der Waals surface area contributed by atoms with E-state index in [2.05, 4.69) is 20.6 Å². The lowest BCUT2D eigenvalue weighted by atomic mass is 10.2. The number of carbonyl (C=O) groups is 1. The van der Waals surface area contributed by atoms with E-state index in [1.165, 1.54) is 6.33 Å². The van der Waals surface area contributed by atoms with Crippen LogP contribution in [0.2, 0.25) is 0 Å². The minimum Gasteiger partial charge on any atom is -0.481 e. The molecule has 0 saturated carbocycles. The first kappa shape index (κ1) is 13.5. The van der Waals surface area contributed by atoms with Gasteiger partial charge in [-0.1, -0.05) is 0 Å². The van der Waals surface area contributed by atoms with Crippen LogP contribution in [-0.2, 0) is 11.3 Å². The predicted octanol–water partition coefficient (Wildman–Crippen LogP) is -0.138. The second kappa shape index (κ2) is 6.33. The molecule has 1 aliphatic rings. The average molecular weight is 266 g/mol. The minimum atomic E-state index is 0.116. The van der Waals surface area contributed by atoms with Crippen molar-refractivity contribution in [3.05, 3.63) is 11.9 Å². The molecule has 19 heavy (non-hydrogen) atoms. The molecule has 1 amide bonds. The Labute approximate surface area is 111 Å². The molecule has 0 aromatic carbocycles. The van der Waals surface area contributed by atoms with Gasteiger partial charge in [-0.15, -0.1) is 0 Å². The van der Waals surface area contributed by atoms with Crippen molar-refractivity contribution in [1.82, 2.24) is 20.6 Å². The first-order valence-corrected chi connectivity index (χ1v) is 6.16. The number of rotatable bonds is 6. The highest BCUT2D eigenvalue weighted by molar-refractivity contribution is 5.78. The van der Waals surface area contributed by atoms with Crippen LogP contribution in [0.3, 0.4) is 0 Å². The minimum absolute atomic E-state index is 0.116. The summed E-state index contributed by atoms with van der Waals surface area (Å²) in [5.74, 6) is 1.11. The fourth-order valence-electron chi connectivity index (χ4n) is 2.09. The van der Waals surface area contributed by atoms with Gasteiger partial charge in [0.1, 0.15) is 6.33 Å². The van der Waals surface area contributed by atoms with E-state index in [1.807, 2.05) is 0 Å². The van der Waals surface area contributed by atoms with Crippen molar-refractivity contribution in [2.24, 2.45) is 0 Å². The Morgan fingerprint density at radius 3 is 2.58 bits per heavy atom. The zero-order valence-electron chi connectivity index (χ0n) is 11.1. The number of aromatic nitrogens is 2. The number of nitrogens with zero attached hydrogens (tertiary/aromatic N) is 2. The van der Waals surface area contributed by atoms with Crippen LogP contribution in [-0.4, -0.2) is 42.7 Å². The molecule has 1 aromatic heterocycles. The molecule has 1 aromatic rings. The van der Waals surface area contributed by atoms with Crippen LogP contribution in [0.1, 0.15) is 18.4 Å². The third-order valence-corrected chi connectivity index (χ3v) is 3.03. The number of hydrogen-bond acceptors (Lipinski definition) is 6. The van der Waals surface area contributed by atoms with Gasteiger partial charge in [-0.05, 0) is 6.42 Å². The van der Waals surface area contributed by atoms with E-state index in [0.29, 0.717) is 31.3 Å². The molecular formula is C12H18N4O3. The molecule has 0 aliphatic carbocycles. The maximum atomic E-state index is 11.1. The summed E-state index contributed by atoms with van der Waals surface area (Å²) in [5.41, 5.74) is 0.775. The molecule has 1 saturated heterocycles. The third-order valence-electron chi connectivity index (χ3n) is 3.03. The molecular weight excluding hydrogens is 248 g/mol. The van der Waals surface area contributed by atoms with E-state index >= 15 is 0 Å². The number of methoxy groups -OCH3 is 2. The van der Waals surface area contributed by atoms with E-state index in [-0.39, 0.29) is 11.9 Å². The fraction of sp³-hybridized carbons (Fsp3) is 0.583. The van der Waals surface area contributed by atoms with Crippen LogP contribution < -0.4 is 20.1 Å². The summed E-state index contributed by atoms with van der Waals surface area (Å²) in [6.07, 6.45) is 2.87. The second-order valence-corrected chi connectivity index (χ2v) is 4.30. The van der Waals surface area contributed by atoms with Gasteiger partial charge in [0.15, 0.2) is 0 Å². The molecule has 7 nitrogen and oxygen atoms in total. The molecule has 104 valence electrons. The molecule has 0 spiro atoms. The van der Waals surface area contributed by atoms with Gasteiger partial charge in [0, 0.05) is 25.6 Å². The van der Waals surface area contributed by atoms with Crippen molar-refractivity contribution < 1.29 is 14.3 Å². The lowest BCUT2D eigenvalue weighted by molar-refractivity contribution is -0.119. The van der Waals surface area contributed by atoms with Crippen LogP contribution in [0.5, 0.6) is 11.8 Å². The van der Waals surface area contributed by atoms with E-state index in [9.17, 15) is 4.79 Å². The number of ether oxygens (including phenoxy) is 2. The van der Waals surface area contributed by atoms with Crippen LogP contribution in [0, 0.1) is 0 Å². The highest BCUT2D eigenvalue weighted by Gasteiger charge is 2.20. The lowest BCUT2D eigenvalue weighted by Gasteiger charge is -2.14. The van der Waals surface area contributed by atoms with Gasteiger partial charge >= 0.3 is 0 Å². The van der Waals surface area contributed by atoms with E-state index in [1.54, 1.807) is 14.2 Å². The summed E-state index contributed by atoms with van der Waals surface area (Å²) in [7, 11) is 3.12. The normalized spacial score (nSPS) is 18.2. The van der Waals surface area contributed by atoms with Gasteiger partial charge in [0.05, 0.1) is 19.8 Å². The Hall–Kier alpha value is -1.89. The molecule has 1 fully saturated rings. The number of carbonyl (C=O) groups excluding carboxylic acids is 1. The summed E-state index contributed by atoms with van der Waals surface area (Å²) in [4.78, 5) is 19.2. The summed E-state index contributed by atoms with van der Waals surface area (Å²) < 4.78 is 10.4. The predicted molar refractivity (Wildman–Crippen MR) is 68.0 cm³/mol. The molecule has 1 aliphatic heterocycles. The van der Waals surface area contributed by atoms with Crippen molar-refractivity contribution in [2.45, 2.75) is 25.4 Å². The highest BCUT2D eigenvalue weighted by Crippen LogP contribution is 2.22. The summed E-state index contributed by atoms with van der Waals surface area (Å²) in [6, 6.07) is 0.189. The molecule has 2 N–H and O–H groups in total. The Morgan fingerprint density at radius 2 is 2.05 bits per heavy atom. The fourth-order valence-corrected chi connectivity index (χ4v) is 2.09. The third kappa shape index (κ3) is 3.31. The Morgan fingerprint density at radius 1 is 1.37 bits per heavy atom. The van der Waals surface area contributed by atoms with Crippen LogP contribution >= 0.6 is 0 Å². The van der Waals surface area contributed by atoms with Gasteiger partial charge in [-0.2, -0.15) is 0 Å². The molecule has 2 rings (SSSR count). The smallest absolute Gasteiger partial charge is 0.224 e. The summed E-state index contributed by atoms with van der Waals surface area (Å²) >= 11 is 0. The van der Waals surface area contributed by atoms with Crippen LogP contribution in [0.15, 0.2) is 6.33 Å². The zero-order chi connectivity index (χ0) is 13.7. The Bertz CT molecular complexity index is 430. The highest BCUT2D eigenvalue weighted by atomic mass is 16.5. The SMILES string of the molecule is COc1ncnc(OC)c1CNCC1CCC(=O)N1. The molecule has 1 atom stereocenters. The monoisotopic (exact) mass is 266 g/mol. The van der Waals surface area contributed by atoms with Crippen molar-refractivity contribution in [3.8, 4) is 11.8 Å². The topological polar surface area (TPSA) is 85.4 Å². The van der Waals surface area contributed by atoms with Crippen molar-refractivity contribution in [1.29, 1.82) is 0 Å². The molecule has 1 unspecified atom stereocenters. The summed E-state index contributed by atoms with van der Waals surface area (Å²) in [6.45, 7) is 1.23. The first-order valence-electron chi connectivity index (χ1n) is 6.16. The van der Waals surface area contributed by atoms with Crippen LogP contribution in [0.25, 0.3) is 0 Å². The Kier molecular flexibility index (Phi) is 4.51. The second-order valence-electron chi connectivity index (χ2n) is 4.30. The molecule has 0 radical (unpaired) electrons. The van der Waals surface area contributed by atoms with Gasteiger partial charge in [0.2, 0.25) is 17.7 Å². The average Bonchev–Trinajstić information content (AvgIpc) is 2.84. The first-order chi connectivity index (χ1) is 9.24. The van der Waals surface area contributed by atoms with E-state index < -0.39 is 0 Å². The largest absolute Gasteiger partial charge is 0.481 e. The van der Waals surface area contributed by atoms with E-state index in [4.69, 9.17) is 9.47 Å². The van der Waals surface area contributed by atoms with Gasteiger partial charge in [-0.25, -0.2) is 9.97 Å². The molecule has 7 heteroatoms. The van der Waals surface area contributed by atoms with Gasteiger partial charge in [0.25, 0.3) is 0 Å².